The number of hydrogen-bond acceptors (Lipinski definition) is 1. The predicted molar refractivity (Wildman–Crippen MR) is 38.0 cm³/mol. The average molecular weight is 125 g/mol. The molecule has 2 aliphatic rings. The zero-order valence-electron chi connectivity index (χ0n) is 6.06. The highest BCUT2D eigenvalue weighted by atomic mass is 14.8. The Bertz CT molecular complexity index is 127. The molecule has 0 aliphatic heterocycles. The van der Waals surface area contributed by atoms with Crippen molar-refractivity contribution in [3.63, 3.8) is 0 Å². The summed E-state index contributed by atoms with van der Waals surface area (Å²) in [6, 6.07) is 0.463. The monoisotopic (exact) mass is 125 g/mol. The van der Waals surface area contributed by atoms with E-state index in [1.165, 1.54) is 25.7 Å². The zero-order chi connectivity index (χ0) is 6.48. The Morgan fingerprint density at radius 2 is 2.44 bits per heavy atom. The Morgan fingerprint density at radius 1 is 1.67 bits per heavy atom. The summed E-state index contributed by atoms with van der Waals surface area (Å²) in [7, 11) is 0. The van der Waals surface area contributed by atoms with Crippen LogP contribution in [0.2, 0.25) is 0 Å². The molecule has 2 rings (SSSR count). The van der Waals surface area contributed by atoms with Crippen LogP contribution in [-0.4, -0.2) is 6.04 Å². The van der Waals surface area contributed by atoms with Gasteiger partial charge < -0.3 is 5.73 Å². The van der Waals surface area contributed by atoms with E-state index in [0.29, 0.717) is 11.5 Å². The third-order valence-electron chi connectivity index (χ3n) is 3.38. The van der Waals surface area contributed by atoms with Crippen LogP contribution in [0.25, 0.3) is 0 Å². The van der Waals surface area contributed by atoms with E-state index >= 15 is 0 Å². The first-order valence-corrected chi connectivity index (χ1v) is 4.01. The Labute approximate surface area is 56.6 Å². The van der Waals surface area contributed by atoms with E-state index in [1.807, 2.05) is 0 Å². The topological polar surface area (TPSA) is 26.0 Å². The van der Waals surface area contributed by atoms with E-state index in [4.69, 9.17) is 5.73 Å². The number of nitrogens with two attached hydrogens (primary N) is 1. The van der Waals surface area contributed by atoms with Gasteiger partial charge in [-0.2, -0.15) is 0 Å². The predicted octanol–water partition coefficient (Wildman–Crippen LogP) is 1.52. The van der Waals surface area contributed by atoms with Gasteiger partial charge in [-0.1, -0.05) is 6.42 Å². The fourth-order valence-electron chi connectivity index (χ4n) is 2.56. The summed E-state index contributed by atoms with van der Waals surface area (Å²) in [6.45, 7) is 2.17. The molecule has 0 spiro atoms. The fraction of sp³-hybridized carbons (Fsp3) is 1.00. The summed E-state index contributed by atoms with van der Waals surface area (Å²) in [5, 5.41) is 0. The number of rotatable bonds is 1. The Balaban J connectivity index is 2.10. The van der Waals surface area contributed by atoms with Gasteiger partial charge >= 0.3 is 0 Å². The van der Waals surface area contributed by atoms with Crippen LogP contribution in [0, 0.1) is 11.3 Å². The van der Waals surface area contributed by atoms with Crippen molar-refractivity contribution < 1.29 is 0 Å². The first-order chi connectivity index (χ1) is 4.26. The Kier molecular flexibility index (Phi) is 0.963. The minimum absolute atomic E-state index is 0.463. The van der Waals surface area contributed by atoms with E-state index < -0.39 is 0 Å². The summed E-state index contributed by atoms with van der Waals surface area (Å²) >= 11 is 0. The lowest BCUT2D eigenvalue weighted by atomic mass is 9.96. The average Bonchev–Trinajstić information content (AvgIpc) is 2.38. The number of hydrogen-bond donors (Lipinski definition) is 1. The maximum Gasteiger partial charge on any atom is 0.00697 e. The van der Waals surface area contributed by atoms with Crippen molar-refractivity contribution in [1.82, 2.24) is 0 Å². The van der Waals surface area contributed by atoms with Gasteiger partial charge in [0.2, 0.25) is 0 Å². The Hall–Kier alpha value is -0.0400. The van der Waals surface area contributed by atoms with Crippen LogP contribution in [-0.2, 0) is 0 Å². The van der Waals surface area contributed by atoms with Gasteiger partial charge in [-0.3, -0.25) is 0 Å². The first-order valence-electron chi connectivity index (χ1n) is 4.01. The molecular weight excluding hydrogens is 110 g/mol. The third-order valence-corrected chi connectivity index (χ3v) is 3.38. The van der Waals surface area contributed by atoms with Gasteiger partial charge in [-0.25, -0.2) is 0 Å². The summed E-state index contributed by atoms with van der Waals surface area (Å²) in [5.41, 5.74) is 6.51. The molecule has 1 heteroatoms. The molecule has 1 nitrogen and oxygen atoms in total. The van der Waals surface area contributed by atoms with Gasteiger partial charge in [0.15, 0.2) is 0 Å². The van der Waals surface area contributed by atoms with E-state index in [1.54, 1.807) is 0 Å². The largest absolute Gasteiger partial charge is 0.327 e. The molecule has 3 atom stereocenters. The van der Waals surface area contributed by atoms with Crippen LogP contribution >= 0.6 is 0 Å². The lowest BCUT2D eigenvalue weighted by molar-refractivity contribution is 0.403. The minimum Gasteiger partial charge on any atom is -0.327 e. The summed E-state index contributed by atoms with van der Waals surface area (Å²) < 4.78 is 0. The summed E-state index contributed by atoms with van der Waals surface area (Å²) in [4.78, 5) is 0. The lowest BCUT2D eigenvalue weighted by Gasteiger charge is -2.15. The van der Waals surface area contributed by atoms with Crippen molar-refractivity contribution in [2.24, 2.45) is 17.1 Å². The smallest absolute Gasteiger partial charge is 0.00697 e. The molecular formula is C8H15N. The van der Waals surface area contributed by atoms with E-state index in [9.17, 15) is 0 Å². The van der Waals surface area contributed by atoms with Gasteiger partial charge in [0.1, 0.15) is 0 Å². The molecule has 9 heavy (non-hydrogen) atoms. The fourth-order valence-corrected chi connectivity index (χ4v) is 2.56. The van der Waals surface area contributed by atoms with Gasteiger partial charge in [-0.15, -0.1) is 0 Å². The highest BCUT2D eigenvalue weighted by Gasteiger charge is 2.58. The van der Waals surface area contributed by atoms with Crippen molar-refractivity contribution in [1.29, 1.82) is 0 Å². The highest BCUT2D eigenvalue weighted by molar-refractivity contribution is 5.10. The van der Waals surface area contributed by atoms with Crippen LogP contribution in [0.15, 0.2) is 0 Å². The van der Waals surface area contributed by atoms with Crippen molar-refractivity contribution in [3.8, 4) is 0 Å². The zero-order valence-corrected chi connectivity index (χ0v) is 6.06. The number of fused-ring (bicyclic) bond motifs is 1. The maximum atomic E-state index is 5.87. The van der Waals surface area contributed by atoms with Crippen molar-refractivity contribution in [2.45, 2.75) is 38.6 Å². The van der Waals surface area contributed by atoms with Crippen LogP contribution in [0.4, 0.5) is 0 Å². The van der Waals surface area contributed by atoms with Crippen LogP contribution < -0.4 is 5.73 Å². The standard InChI is InChI=1S/C8H15N/c1-6(9)8-4-2-3-7(8)5-8/h6-7H,2-5,9H2,1H3. The molecule has 2 N–H and O–H groups in total. The van der Waals surface area contributed by atoms with E-state index in [2.05, 4.69) is 6.92 Å². The molecule has 0 bridgehead atoms. The highest BCUT2D eigenvalue weighted by Crippen LogP contribution is 2.64. The molecule has 2 saturated carbocycles. The van der Waals surface area contributed by atoms with Crippen molar-refractivity contribution >= 4 is 0 Å². The molecule has 0 saturated heterocycles. The van der Waals surface area contributed by atoms with Crippen LogP contribution in [0.5, 0.6) is 0 Å². The maximum absolute atomic E-state index is 5.87. The molecule has 0 radical (unpaired) electrons. The molecule has 0 aromatic rings. The molecule has 0 aromatic carbocycles. The SMILES string of the molecule is CC(N)C12CCCC1C2. The van der Waals surface area contributed by atoms with Gasteiger partial charge in [0.05, 0.1) is 0 Å². The molecule has 2 fully saturated rings. The van der Waals surface area contributed by atoms with Crippen molar-refractivity contribution in [2.75, 3.05) is 0 Å². The molecule has 2 aliphatic carbocycles. The summed E-state index contributed by atoms with van der Waals surface area (Å²) in [5.74, 6) is 1.03. The second-order valence-corrected chi connectivity index (χ2v) is 3.82. The quantitative estimate of drug-likeness (QED) is 0.565. The first kappa shape index (κ1) is 5.72. The van der Waals surface area contributed by atoms with Crippen LogP contribution in [0.3, 0.4) is 0 Å². The van der Waals surface area contributed by atoms with Crippen molar-refractivity contribution in [3.05, 3.63) is 0 Å². The molecule has 52 valence electrons. The molecule has 3 unspecified atom stereocenters. The van der Waals surface area contributed by atoms with Gasteiger partial charge in [0, 0.05) is 6.04 Å². The second-order valence-electron chi connectivity index (χ2n) is 3.82. The van der Waals surface area contributed by atoms with E-state index in [-0.39, 0.29) is 0 Å². The van der Waals surface area contributed by atoms with E-state index in [0.717, 1.165) is 5.92 Å². The van der Waals surface area contributed by atoms with Gasteiger partial charge in [0.25, 0.3) is 0 Å². The molecule has 0 heterocycles. The third kappa shape index (κ3) is 0.586. The summed E-state index contributed by atoms with van der Waals surface area (Å²) in [6.07, 6.45) is 5.74. The van der Waals surface area contributed by atoms with Crippen LogP contribution in [0.1, 0.15) is 32.6 Å². The molecule has 0 amide bonds. The second kappa shape index (κ2) is 1.51. The Morgan fingerprint density at radius 3 is 2.67 bits per heavy atom. The van der Waals surface area contributed by atoms with Gasteiger partial charge in [-0.05, 0) is 37.5 Å². The normalized spacial score (nSPS) is 50.7. The minimum atomic E-state index is 0.463. The lowest BCUT2D eigenvalue weighted by Crippen LogP contribution is -2.27. The molecule has 0 aromatic heterocycles.